The van der Waals surface area contributed by atoms with E-state index < -0.39 is 0 Å². The Morgan fingerprint density at radius 3 is 2.00 bits per heavy atom. The highest BCUT2D eigenvalue weighted by atomic mass is 14.9. The molecule has 0 aromatic carbocycles. The number of hydrogen-bond donors (Lipinski definition) is 1. The maximum Gasteiger partial charge on any atom is 0.0931 e. The van der Waals surface area contributed by atoms with Crippen LogP contribution >= 0.6 is 0 Å². The van der Waals surface area contributed by atoms with Crippen molar-refractivity contribution in [2.24, 2.45) is 0 Å². The highest BCUT2D eigenvalue weighted by Crippen LogP contribution is 2.03. The van der Waals surface area contributed by atoms with Crippen LogP contribution in [0.1, 0.15) is 39.1 Å². The van der Waals surface area contributed by atoms with Gasteiger partial charge in [-0.3, -0.25) is 0 Å². The van der Waals surface area contributed by atoms with Crippen LogP contribution in [0.15, 0.2) is 19.5 Å². The Morgan fingerprint density at radius 1 is 1.15 bits per heavy atom. The largest absolute Gasteiger partial charge is 0.345 e. The van der Waals surface area contributed by atoms with Crippen LogP contribution in [0.2, 0.25) is 0 Å². The molecule has 1 rings (SSSR count). The zero-order chi connectivity index (χ0) is 10.7. The lowest BCUT2D eigenvalue weighted by molar-refractivity contribution is 1.30. The summed E-state index contributed by atoms with van der Waals surface area (Å²) in [6.45, 7) is 15.2. The van der Waals surface area contributed by atoms with Gasteiger partial charge in [0.05, 0.1) is 17.7 Å². The van der Waals surface area contributed by atoms with Gasteiger partial charge in [-0.25, -0.2) is 4.98 Å². The van der Waals surface area contributed by atoms with Gasteiger partial charge < -0.3 is 4.98 Å². The molecule has 74 valence electrons. The molecule has 2 heteroatoms. The van der Waals surface area contributed by atoms with Gasteiger partial charge in [-0.2, -0.15) is 0 Å². The number of aromatic nitrogens is 2. The Bertz CT molecular complexity index is 201. The van der Waals surface area contributed by atoms with Crippen molar-refractivity contribution in [2.75, 3.05) is 0 Å². The number of hydrogen-bond acceptors (Lipinski definition) is 1. The Hall–Kier alpha value is -1.31. The monoisotopic (exact) mass is 180 g/mol. The summed E-state index contributed by atoms with van der Waals surface area (Å²) in [5, 5.41) is 0. The van der Waals surface area contributed by atoms with Crippen LogP contribution in [0.4, 0.5) is 0 Å². The smallest absolute Gasteiger partial charge is 0.0931 e. The number of nitrogens with one attached hydrogen (secondary N) is 1. The van der Waals surface area contributed by atoms with E-state index in [-0.39, 0.29) is 0 Å². The van der Waals surface area contributed by atoms with Crippen LogP contribution in [-0.4, -0.2) is 9.97 Å². The molecule has 0 aliphatic heterocycles. The van der Waals surface area contributed by atoms with Crippen LogP contribution in [0, 0.1) is 0 Å². The molecular formula is C11H20N2. The standard InChI is InChI=1S/C7H8N2.2C2H6/c1-3-6-7(4-2)9-5-8-6;2*1-2/h3-5H,1-2H2,(H,8,9);2*1-2H3. The molecule has 1 heterocycles. The van der Waals surface area contributed by atoms with E-state index in [1.807, 2.05) is 27.7 Å². The zero-order valence-corrected chi connectivity index (χ0v) is 9.09. The van der Waals surface area contributed by atoms with Crippen molar-refractivity contribution in [3.8, 4) is 0 Å². The minimum atomic E-state index is 0.852. The fraction of sp³-hybridized carbons (Fsp3) is 0.364. The summed E-state index contributed by atoms with van der Waals surface area (Å²) in [4.78, 5) is 6.87. The van der Waals surface area contributed by atoms with Crippen molar-refractivity contribution in [1.29, 1.82) is 0 Å². The molecule has 0 aliphatic carbocycles. The highest BCUT2D eigenvalue weighted by molar-refractivity contribution is 5.56. The van der Waals surface area contributed by atoms with Gasteiger partial charge in [0.2, 0.25) is 0 Å². The molecule has 0 fully saturated rings. The number of aromatic amines is 1. The van der Waals surface area contributed by atoms with Gasteiger partial charge in [0.25, 0.3) is 0 Å². The molecule has 1 N–H and O–H groups in total. The first kappa shape index (κ1) is 14.2. The Balaban J connectivity index is 0. The van der Waals surface area contributed by atoms with Gasteiger partial charge in [0.15, 0.2) is 0 Å². The second-order valence-corrected chi connectivity index (χ2v) is 1.61. The molecule has 0 bridgehead atoms. The van der Waals surface area contributed by atoms with Crippen molar-refractivity contribution in [1.82, 2.24) is 9.97 Å². The first-order chi connectivity index (χ1) is 6.38. The lowest BCUT2D eigenvalue weighted by atomic mass is 10.3. The average Bonchev–Trinajstić information content (AvgIpc) is 2.70. The maximum absolute atomic E-state index is 3.96. The Morgan fingerprint density at radius 2 is 1.69 bits per heavy atom. The molecule has 0 radical (unpaired) electrons. The van der Waals surface area contributed by atoms with Crippen LogP contribution in [-0.2, 0) is 0 Å². The second kappa shape index (κ2) is 10.7. The summed E-state index contributed by atoms with van der Waals surface area (Å²) in [5.41, 5.74) is 1.77. The van der Waals surface area contributed by atoms with Gasteiger partial charge >= 0.3 is 0 Å². The molecule has 0 unspecified atom stereocenters. The lowest BCUT2D eigenvalue weighted by Gasteiger charge is -1.84. The third-order valence-electron chi connectivity index (χ3n) is 1.10. The topological polar surface area (TPSA) is 28.7 Å². The summed E-state index contributed by atoms with van der Waals surface area (Å²) in [6, 6.07) is 0. The summed E-state index contributed by atoms with van der Waals surface area (Å²) >= 11 is 0. The minimum absolute atomic E-state index is 0.852. The van der Waals surface area contributed by atoms with Gasteiger partial charge in [-0.1, -0.05) is 40.9 Å². The van der Waals surface area contributed by atoms with Crippen molar-refractivity contribution in [3.05, 3.63) is 30.9 Å². The van der Waals surface area contributed by atoms with E-state index in [2.05, 4.69) is 23.1 Å². The van der Waals surface area contributed by atoms with Gasteiger partial charge in [-0.15, -0.1) is 0 Å². The van der Waals surface area contributed by atoms with E-state index in [4.69, 9.17) is 0 Å². The zero-order valence-electron chi connectivity index (χ0n) is 9.09. The van der Waals surface area contributed by atoms with Crippen LogP contribution in [0.25, 0.3) is 12.2 Å². The summed E-state index contributed by atoms with van der Waals surface area (Å²) in [7, 11) is 0. The molecule has 13 heavy (non-hydrogen) atoms. The number of rotatable bonds is 2. The molecule has 2 nitrogen and oxygen atoms in total. The third-order valence-corrected chi connectivity index (χ3v) is 1.10. The first-order valence-corrected chi connectivity index (χ1v) is 4.66. The van der Waals surface area contributed by atoms with E-state index in [9.17, 15) is 0 Å². The van der Waals surface area contributed by atoms with Crippen LogP contribution < -0.4 is 0 Å². The molecule has 0 aliphatic rings. The van der Waals surface area contributed by atoms with Gasteiger partial charge in [0.1, 0.15) is 0 Å². The molecule has 0 saturated heterocycles. The third kappa shape index (κ3) is 5.01. The van der Waals surface area contributed by atoms with Crippen molar-refractivity contribution in [2.45, 2.75) is 27.7 Å². The van der Waals surface area contributed by atoms with Crippen LogP contribution in [0.5, 0.6) is 0 Å². The summed E-state index contributed by atoms with van der Waals surface area (Å²) in [6.07, 6.45) is 5.02. The highest BCUT2D eigenvalue weighted by Gasteiger charge is 1.93. The van der Waals surface area contributed by atoms with E-state index >= 15 is 0 Å². The summed E-state index contributed by atoms with van der Waals surface area (Å²) in [5.74, 6) is 0. The van der Waals surface area contributed by atoms with Crippen molar-refractivity contribution < 1.29 is 0 Å². The molecule has 1 aromatic rings. The molecule has 0 spiro atoms. The predicted molar refractivity (Wildman–Crippen MR) is 61.5 cm³/mol. The summed E-state index contributed by atoms with van der Waals surface area (Å²) < 4.78 is 0. The van der Waals surface area contributed by atoms with E-state index in [1.165, 1.54) is 0 Å². The maximum atomic E-state index is 3.96. The van der Waals surface area contributed by atoms with Crippen LogP contribution in [0.3, 0.4) is 0 Å². The normalized spacial score (nSPS) is 7.08. The van der Waals surface area contributed by atoms with Crippen molar-refractivity contribution >= 4 is 12.2 Å². The molecule has 0 atom stereocenters. The molecule has 1 aromatic heterocycles. The number of nitrogens with zero attached hydrogens (tertiary/aromatic N) is 1. The number of H-pyrrole nitrogens is 1. The average molecular weight is 180 g/mol. The van der Waals surface area contributed by atoms with Crippen molar-refractivity contribution in [3.63, 3.8) is 0 Å². The Labute approximate surface area is 81.4 Å². The molecular weight excluding hydrogens is 160 g/mol. The first-order valence-electron chi connectivity index (χ1n) is 4.66. The van der Waals surface area contributed by atoms with Gasteiger partial charge in [0, 0.05) is 0 Å². The fourth-order valence-corrected chi connectivity index (χ4v) is 0.641. The second-order valence-electron chi connectivity index (χ2n) is 1.61. The van der Waals surface area contributed by atoms with E-state index in [0.717, 1.165) is 11.4 Å². The predicted octanol–water partition coefficient (Wildman–Crippen LogP) is 3.75. The minimum Gasteiger partial charge on any atom is -0.345 e. The van der Waals surface area contributed by atoms with E-state index in [1.54, 1.807) is 18.5 Å². The Kier molecular flexibility index (Phi) is 11.7. The lowest BCUT2D eigenvalue weighted by Crippen LogP contribution is -1.73. The fourth-order valence-electron chi connectivity index (χ4n) is 0.641. The molecule has 0 amide bonds. The SMILES string of the molecule is C=Cc1nc[nH]c1C=C.CC.CC. The quantitative estimate of drug-likeness (QED) is 0.737. The number of imidazole rings is 1. The van der Waals surface area contributed by atoms with E-state index in [0.29, 0.717) is 0 Å². The molecule has 0 saturated carbocycles. The van der Waals surface area contributed by atoms with Gasteiger partial charge in [-0.05, 0) is 12.2 Å².